The molecule has 0 bridgehead atoms. The molecule has 1 saturated carbocycles. The first kappa shape index (κ1) is 19.5. The maximum Gasteiger partial charge on any atom is 0.158 e. The molecule has 10 heteroatoms. The summed E-state index contributed by atoms with van der Waals surface area (Å²) in [6.07, 6.45) is 5.28. The van der Waals surface area contributed by atoms with Gasteiger partial charge < -0.3 is 22.1 Å². The molecule has 150 valence electrons. The van der Waals surface area contributed by atoms with Crippen LogP contribution in [0.5, 0.6) is 0 Å². The number of rotatable bonds is 3. The van der Waals surface area contributed by atoms with E-state index in [0.29, 0.717) is 28.7 Å². The van der Waals surface area contributed by atoms with Gasteiger partial charge in [0.25, 0.3) is 0 Å². The molecule has 4 rings (SSSR count). The van der Waals surface area contributed by atoms with E-state index in [0.717, 1.165) is 36.6 Å². The highest BCUT2D eigenvalue weighted by Gasteiger charge is 2.47. The summed E-state index contributed by atoms with van der Waals surface area (Å²) in [5.41, 5.74) is 18.0. The molecule has 1 aliphatic carbocycles. The van der Waals surface area contributed by atoms with Crippen LogP contribution in [0.2, 0.25) is 5.02 Å². The third kappa shape index (κ3) is 3.58. The molecule has 3 heterocycles. The molecule has 2 aromatic heterocycles. The van der Waals surface area contributed by atoms with Gasteiger partial charge in [0.15, 0.2) is 5.82 Å². The fourth-order valence-electron chi connectivity index (χ4n) is 4.20. The van der Waals surface area contributed by atoms with Gasteiger partial charge >= 0.3 is 0 Å². The standard InChI is InChI=1S/C18H23ClFN7S/c19-14-11(1-4-24-15(14)22)28-17-16(23)26-13(9-25-17)27-5-2-18(3-6-27)8-10(20)7-12(18)21/h1,4,9-10,12H,2-3,5-8,21H2,(H2,22,24)(H2,23,26). The molecule has 6 N–H and O–H groups in total. The van der Waals surface area contributed by atoms with Crippen molar-refractivity contribution in [1.29, 1.82) is 0 Å². The van der Waals surface area contributed by atoms with E-state index in [1.165, 1.54) is 11.8 Å². The summed E-state index contributed by atoms with van der Waals surface area (Å²) in [4.78, 5) is 15.8. The van der Waals surface area contributed by atoms with Gasteiger partial charge in [0, 0.05) is 30.2 Å². The van der Waals surface area contributed by atoms with Crippen molar-refractivity contribution < 1.29 is 4.39 Å². The van der Waals surface area contributed by atoms with Gasteiger partial charge in [-0.25, -0.2) is 19.3 Å². The summed E-state index contributed by atoms with van der Waals surface area (Å²) in [6, 6.07) is 1.70. The van der Waals surface area contributed by atoms with Gasteiger partial charge in [-0.2, -0.15) is 0 Å². The minimum Gasteiger partial charge on any atom is -0.382 e. The molecule has 1 spiro atoms. The fourth-order valence-corrected chi connectivity index (χ4v) is 5.21. The Hall–Kier alpha value is -1.84. The highest BCUT2D eigenvalue weighted by molar-refractivity contribution is 7.99. The quantitative estimate of drug-likeness (QED) is 0.689. The molecule has 1 aliphatic heterocycles. The van der Waals surface area contributed by atoms with E-state index in [9.17, 15) is 4.39 Å². The van der Waals surface area contributed by atoms with Crippen molar-refractivity contribution in [2.45, 2.75) is 47.8 Å². The van der Waals surface area contributed by atoms with E-state index in [1.807, 2.05) is 0 Å². The molecule has 7 nitrogen and oxygen atoms in total. The molecule has 0 aromatic carbocycles. The topological polar surface area (TPSA) is 120 Å². The number of halogens is 2. The van der Waals surface area contributed by atoms with Crippen molar-refractivity contribution >= 4 is 40.8 Å². The third-order valence-electron chi connectivity index (χ3n) is 5.85. The SMILES string of the molecule is Nc1nc(N2CCC3(CC2)CC(F)CC3N)cnc1Sc1ccnc(N)c1Cl. The van der Waals surface area contributed by atoms with Crippen LogP contribution in [0.25, 0.3) is 0 Å². The Morgan fingerprint density at radius 3 is 2.61 bits per heavy atom. The minimum atomic E-state index is -0.776. The van der Waals surface area contributed by atoms with E-state index in [-0.39, 0.29) is 17.3 Å². The summed E-state index contributed by atoms with van der Waals surface area (Å²) in [6.45, 7) is 1.54. The van der Waals surface area contributed by atoms with Crippen LogP contribution in [0, 0.1) is 5.41 Å². The van der Waals surface area contributed by atoms with Crippen LogP contribution >= 0.6 is 23.4 Å². The van der Waals surface area contributed by atoms with Crippen molar-refractivity contribution in [3.05, 3.63) is 23.5 Å². The molecule has 2 unspecified atom stereocenters. The summed E-state index contributed by atoms with van der Waals surface area (Å²) in [7, 11) is 0. The zero-order chi connectivity index (χ0) is 19.9. The van der Waals surface area contributed by atoms with Gasteiger partial charge in [-0.05, 0) is 37.2 Å². The Morgan fingerprint density at radius 1 is 1.21 bits per heavy atom. The van der Waals surface area contributed by atoms with Gasteiger partial charge in [0.05, 0.1) is 11.2 Å². The van der Waals surface area contributed by atoms with E-state index in [2.05, 4.69) is 19.9 Å². The Labute approximate surface area is 172 Å². The second-order valence-electron chi connectivity index (χ2n) is 7.52. The Bertz CT molecular complexity index is 875. The number of nitrogens with zero attached hydrogens (tertiary/aromatic N) is 4. The number of piperidine rings is 1. The van der Waals surface area contributed by atoms with Crippen LogP contribution in [0.3, 0.4) is 0 Å². The Kier molecular flexibility index (Phi) is 5.24. The molecule has 0 amide bonds. The highest BCUT2D eigenvalue weighted by Crippen LogP contribution is 2.47. The average Bonchev–Trinajstić information content (AvgIpc) is 2.94. The van der Waals surface area contributed by atoms with Crippen molar-refractivity contribution in [1.82, 2.24) is 15.0 Å². The van der Waals surface area contributed by atoms with Crippen molar-refractivity contribution in [3.63, 3.8) is 0 Å². The van der Waals surface area contributed by atoms with Gasteiger partial charge in [-0.15, -0.1) is 0 Å². The number of alkyl halides is 1. The molecule has 28 heavy (non-hydrogen) atoms. The average molecular weight is 424 g/mol. The third-order valence-corrected chi connectivity index (χ3v) is 7.42. The first-order valence-electron chi connectivity index (χ1n) is 9.23. The molecule has 0 radical (unpaired) electrons. The van der Waals surface area contributed by atoms with Crippen LogP contribution in [-0.2, 0) is 0 Å². The molecule has 2 fully saturated rings. The largest absolute Gasteiger partial charge is 0.382 e. The van der Waals surface area contributed by atoms with Crippen molar-refractivity contribution in [2.75, 3.05) is 29.5 Å². The zero-order valence-electron chi connectivity index (χ0n) is 15.3. The monoisotopic (exact) mass is 423 g/mol. The van der Waals surface area contributed by atoms with Crippen LogP contribution in [0.15, 0.2) is 28.4 Å². The van der Waals surface area contributed by atoms with E-state index < -0.39 is 6.17 Å². The lowest BCUT2D eigenvalue weighted by Gasteiger charge is -2.42. The molecule has 1 saturated heterocycles. The summed E-state index contributed by atoms with van der Waals surface area (Å²) in [5.74, 6) is 1.31. The zero-order valence-corrected chi connectivity index (χ0v) is 16.9. The van der Waals surface area contributed by atoms with Crippen molar-refractivity contribution in [2.24, 2.45) is 11.1 Å². The number of hydrogen-bond acceptors (Lipinski definition) is 8. The van der Waals surface area contributed by atoms with Crippen LogP contribution < -0.4 is 22.1 Å². The highest BCUT2D eigenvalue weighted by atomic mass is 35.5. The molecular weight excluding hydrogens is 401 g/mol. The van der Waals surface area contributed by atoms with Gasteiger partial charge in [-0.3, -0.25) is 0 Å². The summed E-state index contributed by atoms with van der Waals surface area (Å²) < 4.78 is 13.8. The number of anilines is 3. The second kappa shape index (κ2) is 7.53. The molecule has 2 aliphatic rings. The lowest BCUT2D eigenvalue weighted by molar-refractivity contribution is 0.184. The number of nitrogens with two attached hydrogens (primary N) is 3. The predicted molar refractivity (Wildman–Crippen MR) is 110 cm³/mol. The maximum atomic E-state index is 13.8. The Morgan fingerprint density at radius 2 is 1.96 bits per heavy atom. The minimum absolute atomic E-state index is 0.0582. The summed E-state index contributed by atoms with van der Waals surface area (Å²) in [5, 5.41) is 0.931. The number of nitrogen functional groups attached to an aromatic ring is 2. The smallest absolute Gasteiger partial charge is 0.158 e. The molecule has 2 atom stereocenters. The normalized spacial score (nSPS) is 24.0. The molecule has 2 aromatic rings. The van der Waals surface area contributed by atoms with Crippen LogP contribution in [0.1, 0.15) is 25.7 Å². The van der Waals surface area contributed by atoms with E-state index >= 15 is 0 Å². The van der Waals surface area contributed by atoms with Gasteiger partial charge in [-0.1, -0.05) is 23.4 Å². The maximum absolute atomic E-state index is 13.8. The number of pyridine rings is 1. The van der Waals surface area contributed by atoms with E-state index in [1.54, 1.807) is 18.5 Å². The van der Waals surface area contributed by atoms with Gasteiger partial charge in [0.1, 0.15) is 22.8 Å². The summed E-state index contributed by atoms with van der Waals surface area (Å²) >= 11 is 7.49. The first-order chi connectivity index (χ1) is 13.4. The van der Waals surface area contributed by atoms with Gasteiger partial charge in [0.2, 0.25) is 0 Å². The molecular formula is C18H23ClFN7S. The van der Waals surface area contributed by atoms with Crippen molar-refractivity contribution in [3.8, 4) is 0 Å². The first-order valence-corrected chi connectivity index (χ1v) is 10.4. The van der Waals surface area contributed by atoms with E-state index in [4.69, 9.17) is 28.8 Å². The fraction of sp³-hybridized carbons (Fsp3) is 0.500. The predicted octanol–water partition coefficient (Wildman–Crippen LogP) is 2.89. The lowest BCUT2D eigenvalue weighted by Crippen LogP contribution is -2.47. The number of hydrogen-bond donors (Lipinski definition) is 3. The van der Waals surface area contributed by atoms with Crippen LogP contribution in [0.4, 0.5) is 21.8 Å². The Balaban J connectivity index is 1.46. The lowest BCUT2D eigenvalue weighted by atomic mass is 9.74. The number of aromatic nitrogens is 3. The van der Waals surface area contributed by atoms with Crippen LogP contribution in [-0.4, -0.2) is 40.3 Å². The second-order valence-corrected chi connectivity index (χ2v) is 8.93.